The van der Waals surface area contributed by atoms with Crippen LogP contribution in [-0.2, 0) is 6.42 Å². The Morgan fingerprint density at radius 3 is 2.47 bits per heavy atom. The van der Waals surface area contributed by atoms with E-state index in [2.05, 4.69) is 0 Å². The molecule has 1 unspecified atom stereocenters. The van der Waals surface area contributed by atoms with Gasteiger partial charge in [0.25, 0.3) is 0 Å². The van der Waals surface area contributed by atoms with E-state index >= 15 is 0 Å². The van der Waals surface area contributed by atoms with Gasteiger partial charge in [-0.2, -0.15) is 11.3 Å². The minimum atomic E-state index is -0.458. The summed E-state index contributed by atoms with van der Waals surface area (Å²) in [6.07, 6.45) is 0.123. The van der Waals surface area contributed by atoms with Crippen molar-refractivity contribution in [2.24, 2.45) is 0 Å². The van der Waals surface area contributed by atoms with E-state index in [4.69, 9.17) is 5.11 Å². The Morgan fingerprint density at radius 2 is 1.87 bits per heavy atom. The van der Waals surface area contributed by atoms with Gasteiger partial charge in [0.15, 0.2) is 0 Å². The molecule has 1 heterocycles. The Balaban J connectivity index is 2.06. The van der Waals surface area contributed by atoms with Crippen molar-refractivity contribution < 1.29 is 10.2 Å². The Labute approximate surface area is 92.4 Å². The van der Waals surface area contributed by atoms with E-state index in [0.29, 0.717) is 6.42 Å². The van der Waals surface area contributed by atoms with Crippen LogP contribution < -0.4 is 0 Å². The van der Waals surface area contributed by atoms with Crippen molar-refractivity contribution in [1.82, 2.24) is 0 Å². The predicted molar refractivity (Wildman–Crippen MR) is 61.1 cm³/mol. The number of aliphatic hydroxyl groups is 1. The Morgan fingerprint density at radius 1 is 1.13 bits per heavy atom. The maximum Gasteiger partial charge on any atom is 0.115 e. The number of rotatable bonds is 3. The highest BCUT2D eigenvalue weighted by Gasteiger charge is 2.08. The third kappa shape index (κ3) is 2.58. The molecule has 0 saturated carbocycles. The van der Waals surface area contributed by atoms with Crippen molar-refractivity contribution in [3.63, 3.8) is 0 Å². The Hall–Kier alpha value is -1.32. The van der Waals surface area contributed by atoms with Crippen molar-refractivity contribution in [1.29, 1.82) is 0 Å². The zero-order valence-corrected chi connectivity index (χ0v) is 8.95. The molecule has 3 heteroatoms. The van der Waals surface area contributed by atoms with Crippen LogP contribution in [-0.4, -0.2) is 10.2 Å². The smallest absolute Gasteiger partial charge is 0.115 e. The molecule has 2 N–H and O–H groups in total. The first-order valence-corrected chi connectivity index (χ1v) is 5.68. The highest BCUT2D eigenvalue weighted by atomic mass is 32.1. The summed E-state index contributed by atoms with van der Waals surface area (Å²) in [4.78, 5) is 0. The first kappa shape index (κ1) is 10.2. The first-order valence-electron chi connectivity index (χ1n) is 4.74. The summed E-state index contributed by atoms with van der Waals surface area (Å²) in [5.74, 6) is 0.253. The standard InChI is InChI=1S/C12H12O2S/c13-11-3-1-9(2-4-11)7-12(14)10-5-6-15-8-10/h1-6,8,12-14H,7H2. The Kier molecular flexibility index (Phi) is 3.04. The summed E-state index contributed by atoms with van der Waals surface area (Å²) in [5, 5.41) is 22.9. The van der Waals surface area contributed by atoms with Crippen LogP contribution in [0.2, 0.25) is 0 Å². The molecule has 78 valence electrons. The topological polar surface area (TPSA) is 40.5 Å². The molecule has 0 fully saturated rings. The highest BCUT2D eigenvalue weighted by Crippen LogP contribution is 2.21. The minimum Gasteiger partial charge on any atom is -0.508 e. The van der Waals surface area contributed by atoms with Crippen molar-refractivity contribution in [3.8, 4) is 5.75 Å². The summed E-state index contributed by atoms with van der Waals surface area (Å²) in [5.41, 5.74) is 1.97. The number of thiophene rings is 1. The molecule has 1 aromatic heterocycles. The lowest BCUT2D eigenvalue weighted by Gasteiger charge is -2.08. The van der Waals surface area contributed by atoms with E-state index in [1.807, 2.05) is 29.0 Å². The molecule has 2 nitrogen and oxygen atoms in total. The van der Waals surface area contributed by atoms with Gasteiger partial charge >= 0.3 is 0 Å². The number of phenolic OH excluding ortho intramolecular Hbond substituents is 1. The molecule has 0 aliphatic carbocycles. The lowest BCUT2D eigenvalue weighted by atomic mass is 10.0. The van der Waals surface area contributed by atoms with Gasteiger partial charge in [-0.3, -0.25) is 0 Å². The second kappa shape index (κ2) is 4.47. The number of benzene rings is 1. The van der Waals surface area contributed by atoms with E-state index in [9.17, 15) is 5.11 Å². The molecular weight excluding hydrogens is 208 g/mol. The van der Waals surface area contributed by atoms with Crippen molar-refractivity contribution in [3.05, 3.63) is 52.2 Å². The van der Waals surface area contributed by atoms with Gasteiger partial charge < -0.3 is 10.2 Å². The maximum atomic E-state index is 9.88. The second-order valence-electron chi connectivity index (χ2n) is 3.44. The molecule has 0 spiro atoms. The third-order valence-corrected chi connectivity index (χ3v) is 2.99. The molecule has 0 aliphatic rings. The van der Waals surface area contributed by atoms with Gasteiger partial charge in [0.05, 0.1) is 6.10 Å². The number of phenols is 1. The lowest BCUT2D eigenvalue weighted by Crippen LogP contribution is -1.99. The average molecular weight is 220 g/mol. The van der Waals surface area contributed by atoms with Crippen LogP contribution >= 0.6 is 11.3 Å². The second-order valence-corrected chi connectivity index (χ2v) is 4.22. The van der Waals surface area contributed by atoms with E-state index in [-0.39, 0.29) is 5.75 Å². The number of hydrogen-bond donors (Lipinski definition) is 2. The van der Waals surface area contributed by atoms with Crippen molar-refractivity contribution in [2.75, 3.05) is 0 Å². The fourth-order valence-electron chi connectivity index (χ4n) is 1.44. The molecule has 0 aliphatic heterocycles. The average Bonchev–Trinajstić information content (AvgIpc) is 2.74. The Bertz CT molecular complexity index is 406. The van der Waals surface area contributed by atoms with E-state index < -0.39 is 6.10 Å². The quantitative estimate of drug-likeness (QED) is 0.835. The van der Waals surface area contributed by atoms with Crippen LogP contribution in [0.1, 0.15) is 17.2 Å². The van der Waals surface area contributed by atoms with Crippen LogP contribution in [0, 0.1) is 0 Å². The summed E-state index contributed by atoms with van der Waals surface area (Å²) >= 11 is 1.58. The van der Waals surface area contributed by atoms with Crippen molar-refractivity contribution in [2.45, 2.75) is 12.5 Å². The minimum absolute atomic E-state index is 0.253. The zero-order chi connectivity index (χ0) is 10.7. The first-order chi connectivity index (χ1) is 7.25. The number of aliphatic hydroxyl groups excluding tert-OH is 1. The van der Waals surface area contributed by atoms with Crippen molar-refractivity contribution >= 4 is 11.3 Å². The SMILES string of the molecule is Oc1ccc(CC(O)c2ccsc2)cc1. The summed E-state index contributed by atoms with van der Waals surface area (Å²) in [6.45, 7) is 0. The van der Waals surface area contributed by atoms with Gasteiger partial charge in [-0.25, -0.2) is 0 Å². The maximum absolute atomic E-state index is 9.88. The van der Waals surface area contributed by atoms with Crippen LogP contribution in [0.25, 0.3) is 0 Å². The van der Waals surface area contributed by atoms with Crippen LogP contribution in [0.3, 0.4) is 0 Å². The van der Waals surface area contributed by atoms with E-state index in [1.165, 1.54) is 0 Å². The van der Waals surface area contributed by atoms with Gasteiger partial charge in [0.2, 0.25) is 0 Å². The molecule has 0 saturated heterocycles. The summed E-state index contributed by atoms with van der Waals surface area (Å²) in [6, 6.07) is 8.84. The monoisotopic (exact) mass is 220 g/mol. The zero-order valence-electron chi connectivity index (χ0n) is 8.13. The van der Waals surface area contributed by atoms with Gasteiger partial charge in [0, 0.05) is 6.42 Å². The summed E-state index contributed by atoms with van der Waals surface area (Å²) in [7, 11) is 0. The summed E-state index contributed by atoms with van der Waals surface area (Å²) < 4.78 is 0. The molecule has 1 aromatic carbocycles. The predicted octanol–water partition coefficient (Wildman–Crippen LogP) is 2.73. The molecule has 2 rings (SSSR count). The normalized spacial score (nSPS) is 12.6. The highest BCUT2D eigenvalue weighted by molar-refractivity contribution is 7.07. The molecule has 1 atom stereocenters. The van der Waals surface area contributed by atoms with Gasteiger partial charge in [0.1, 0.15) is 5.75 Å². The molecule has 2 aromatic rings. The number of aromatic hydroxyl groups is 1. The lowest BCUT2D eigenvalue weighted by molar-refractivity contribution is 0.179. The molecule has 0 amide bonds. The van der Waals surface area contributed by atoms with E-state index in [1.54, 1.807) is 23.5 Å². The fraction of sp³-hybridized carbons (Fsp3) is 0.167. The fourth-order valence-corrected chi connectivity index (χ4v) is 2.14. The van der Waals surface area contributed by atoms with Gasteiger partial charge in [-0.05, 0) is 40.1 Å². The van der Waals surface area contributed by atoms with Gasteiger partial charge in [-0.1, -0.05) is 12.1 Å². The number of hydrogen-bond acceptors (Lipinski definition) is 3. The molecule has 15 heavy (non-hydrogen) atoms. The van der Waals surface area contributed by atoms with Gasteiger partial charge in [-0.15, -0.1) is 0 Å². The molecule has 0 radical (unpaired) electrons. The van der Waals surface area contributed by atoms with Crippen LogP contribution in [0.4, 0.5) is 0 Å². The van der Waals surface area contributed by atoms with Crippen LogP contribution in [0.15, 0.2) is 41.1 Å². The largest absolute Gasteiger partial charge is 0.508 e. The molecular formula is C12H12O2S. The van der Waals surface area contributed by atoms with Crippen LogP contribution in [0.5, 0.6) is 5.75 Å². The third-order valence-electron chi connectivity index (χ3n) is 2.29. The van der Waals surface area contributed by atoms with E-state index in [0.717, 1.165) is 11.1 Å². The molecule has 0 bridgehead atoms.